The Balaban J connectivity index is 0.00000578. The first-order chi connectivity index (χ1) is 28.8. The van der Waals surface area contributed by atoms with Crippen molar-refractivity contribution >= 4 is 11.0 Å². The van der Waals surface area contributed by atoms with Crippen molar-refractivity contribution in [2.75, 3.05) is 0 Å². The Labute approximate surface area is 383 Å². The molecule has 4 nitrogen and oxygen atoms in total. The van der Waals surface area contributed by atoms with Crippen molar-refractivity contribution in [1.29, 1.82) is 0 Å². The number of fused-ring (bicyclic) bond motifs is 1. The maximum Gasteiger partial charge on any atom is 0.148 e. The fourth-order valence-corrected chi connectivity index (χ4v) is 8.24. The van der Waals surface area contributed by atoms with Crippen molar-refractivity contribution in [2.24, 2.45) is 0 Å². The second kappa shape index (κ2) is 16.6. The van der Waals surface area contributed by atoms with Gasteiger partial charge in [-0.25, -0.2) is 4.98 Å². The Kier molecular flexibility index (Phi) is 11.9. The van der Waals surface area contributed by atoms with Crippen LogP contribution < -0.4 is 0 Å². The van der Waals surface area contributed by atoms with Gasteiger partial charge in [0.2, 0.25) is 0 Å². The van der Waals surface area contributed by atoms with E-state index in [0.717, 1.165) is 66.9 Å². The van der Waals surface area contributed by atoms with Crippen LogP contribution in [0.1, 0.15) is 95.7 Å². The molecule has 318 valence electrons. The maximum absolute atomic E-state index is 12.4. The number of hydrogen-bond donors (Lipinski definition) is 1. The number of phenols is 1. The molecule has 0 radical (unpaired) electrons. The number of phenolic OH excluding ortho intramolecular Hbond substituents is 1. The minimum absolute atomic E-state index is 0. The summed E-state index contributed by atoms with van der Waals surface area (Å²) in [5.74, 6) is 0.951. The van der Waals surface area contributed by atoms with Gasteiger partial charge in [0, 0.05) is 44.2 Å². The van der Waals surface area contributed by atoms with Gasteiger partial charge in [0.25, 0.3) is 0 Å². The molecule has 2 aromatic heterocycles. The van der Waals surface area contributed by atoms with Gasteiger partial charge >= 0.3 is 0 Å². The summed E-state index contributed by atoms with van der Waals surface area (Å²) >= 11 is 0. The molecule has 8 rings (SSSR count). The molecule has 0 unspecified atom stereocenters. The SMILES string of the molecule is Cc1ccc(-c2ccnc(-c3[c-]c(-c4cccc5c4nc(-c4cc(C(C)(C)C)cc(C(C)(C)C)c4O)n5-c4cc(C)c(C)c(-c5ccccc5)c4)cc(C(C)(C)C)c3)c2)cc1.[Pt]. The van der Waals surface area contributed by atoms with E-state index in [1.165, 1.54) is 27.8 Å². The van der Waals surface area contributed by atoms with E-state index in [1.54, 1.807) is 0 Å². The van der Waals surface area contributed by atoms with Gasteiger partial charge in [-0.15, -0.1) is 29.3 Å². The molecule has 0 fully saturated rings. The van der Waals surface area contributed by atoms with E-state index < -0.39 is 0 Å². The Hall–Kier alpha value is -5.57. The van der Waals surface area contributed by atoms with Gasteiger partial charge in [-0.1, -0.05) is 158 Å². The van der Waals surface area contributed by atoms with Gasteiger partial charge in [0.15, 0.2) is 0 Å². The molecule has 0 aliphatic rings. The Morgan fingerprint density at radius 2 is 1.23 bits per heavy atom. The molecule has 0 bridgehead atoms. The molecule has 0 aliphatic heterocycles. The number of imidazole rings is 1. The number of pyridine rings is 1. The minimum atomic E-state index is -0.313. The first kappa shape index (κ1) is 44.5. The van der Waals surface area contributed by atoms with Crippen LogP contribution >= 0.6 is 0 Å². The molecule has 2 heterocycles. The first-order valence-corrected chi connectivity index (χ1v) is 21.5. The van der Waals surface area contributed by atoms with Crippen molar-refractivity contribution < 1.29 is 26.2 Å². The van der Waals surface area contributed by atoms with Crippen molar-refractivity contribution in [3.8, 4) is 67.5 Å². The largest absolute Gasteiger partial charge is 0.507 e. The summed E-state index contributed by atoms with van der Waals surface area (Å²) in [6, 6.07) is 47.1. The van der Waals surface area contributed by atoms with Gasteiger partial charge in [-0.05, 0) is 106 Å². The summed E-state index contributed by atoms with van der Waals surface area (Å²) in [6.07, 6.45) is 1.90. The second-order valence-corrected chi connectivity index (χ2v) is 19.9. The fraction of sp³-hybridized carbons (Fsp3) is 0.263. The molecule has 6 aromatic carbocycles. The number of para-hydroxylation sites is 1. The summed E-state index contributed by atoms with van der Waals surface area (Å²) < 4.78 is 2.26. The number of aromatic hydroxyl groups is 1. The van der Waals surface area contributed by atoms with Crippen molar-refractivity contribution in [3.05, 3.63) is 167 Å². The maximum atomic E-state index is 12.4. The van der Waals surface area contributed by atoms with Crippen LogP contribution in [0.4, 0.5) is 0 Å². The molecular formula is C57H58N3OPt-. The zero-order valence-electron chi connectivity index (χ0n) is 38.2. The number of aryl methyl sites for hydroxylation is 2. The van der Waals surface area contributed by atoms with Gasteiger partial charge in [-0.3, -0.25) is 9.55 Å². The molecular weight excluding hydrogens is 938 g/mol. The zero-order valence-corrected chi connectivity index (χ0v) is 40.5. The van der Waals surface area contributed by atoms with E-state index >= 15 is 0 Å². The molecule has 5 heteroatoms. The summed E-state index contributed by atoms with van der Waals surface area (Å²) in [5.41, 5.74) is 18.0. The first-order valence-electron chi connectivity index (χ1n) is 21.5. The van der Waals surface area contributed by atoms with Crippen molar-refractivity contribution in [3.63, 3.8) is 0 Å². The Bertz CT molecular complexity index is 2940. The summed E-state index contributed by atoms with van der Waals surface area (Å²) in [7, 11) is 0. The summed E-state index contributed by atoms with van der Waals surface area (Å²) in [4.78, 5) is 10.5. The van der Waals surface area contributed by atoms with Crippen molar-refractivity contribution in [2.45, 2.75) is 99.3 Å². The van der Waals surface area contributed by atoms with Crippen LogP contribution in [0.5, 0.6) is 5.75 Å². The van der Waals surface area contributed by atoms with E-state index in [1.807, 2.05) is 6.20 Å². The number of nitrogens with zero attached hydrogens (tertiary/aromatic N) is 3. The summed E-state index contributed by atoms with van der Waals surface area (Å²) in [6.45, 7) is 26.4. The smallest absolute Gasteiger partial charge is 0.148 e. The third-order valence-electron chi connectivity index (χ3n) is 12.2. The van der Waals surface area contributed by atoms with Crippen LogP contribution in [0.2, 0.25) is 0 Å². The third-order valence-corrected chi connectivity index (χ3v) is 12.2. The molecule has 0 aliphatic carbocycles. The predicted octanol–water partition coefficient (Wildman–Crippen LogP) is 15.1. The zero-order chi connectivity index (χ0) is 43.6. The number of aromatic nitrogens is 3. The van der Waals surface area contributed by atoms with E-state index in [9.17, 15) is 5.11 Å². The minimum Gasteiger partial charge on any atom is -0.507 e. The van der Waals surface area contributed by atoms with Gasteiger partial charge in [0.05, 0.1) is 16.6 Å². The number of benzene rings is 6. The second-order valence-electron chi connectivity index (χ2n) is 19.9. The average Bonchev–Trinajstić information content (AvgIpc) is 3.61. The molecule has 0 saturated carbocycles. The van der Waals surface area contributed by atoms with E-state index in [2.05, 4.69) is 215 Å². The molecule has 0 spiro atoms. The van der Waals surface area contributed by atoms with Gasteiger partial charge in [0.1, 0.15) is 11.6 Å². The van der Waals surface area contributed by atoms with E-state index in [0.29, 0.717) is 11.4 Å². The van der Waals surface area contributed by atoms with Crippen LogP contribution in [0, 0.1) is 26.8 Å². The monoisotopic (exact) mass is 995 g/mol. The number of hydrogen-bond acceptors (Lipinski definition) is 3. The molecule has 8 aromatic rings. The molecule has 1 N–H and O–H groups in total. The van der Waals surface area contributed by atoms with Gasteiger partial charge in [-0.2, -0.15) is 0 Å². The quantitative estimate of drug-likeness (QED) is 0.169. The van der Waals surface area contributed by atoms with Gasteiger partial charge < -0.3 is 5.11 Å². The van der Waals surface area contributed by atoms with E-state index in [-0.39, 0.29) is 43.1 Å². The van der Waals surface area contributed by atoms with Crippen LogP contribution in [0.3, 0.4) is 0 Å². The fourth-order valence-electron chi connectivity index (χ4n) is 8.24. The van der Waals surface area contributed by atoms with Crippen LogP contribution in [0.25, 0.3) is 72.7 Å². The van der Waals surface area contributed by atoms with Crippen LogP contribution in [-0.2, 0) is 37.3 Å². The third kappa shape index (κ3) is 8.60. The topological polar surface area (TPSA) is 50.9 Å². The number of rotatable bonds is 6. The molecule has 0 saturated heterocycles. The van der Waals surface area contributed by atoms with Crippen LogP contribution in [0.15, 0.2) is 128 Å². The normalized spacial score (nSPS) is 12.1. The Morgan fingerprint density at radius 1 is 0.565 bits per heavy atom. The van der Waals surface area contributed by atoms with Crippen molar-refractivity contribution in [1.82, 2.24) is 14.5 Å². The van der Waals surface area contributed by atoms with Crippen LogP contribution in [-0.4, -0.2) is 19.6 Å². The standard InChI is InChI=1S/C57H58N3O.Pt/c1-35-21-23-38(24-22-35)40-25-26-58-50(31-40)42-28-41(29-43(30-42)55(4,5)6)46-19-16-20-51-52(46)59-54(48-32-44(56(7,8)9)33-49(53(48)61)57(10,11)12)60(51)45-27-36(2)37(3)47(34-45)39-17-14-13-15-18-39;/h13-27,29-34,61H,1-12H3;/q-1;. The molecule has 0 atom stereocenters. The molecule has 0 amide bonds. The summed E-state index contributed by atoms with van der Waals surface area (Å²) in [5, 5.41) is 12.4. The van der Waals surface area contributed by atoms with E-state index in [4.69, 9.17) is 9.97 Å². The average molecular weight is 996 g/mol. The Morgan fingerprint density at radius 3 is 1.89 bits per heavy atom. The predicted molar refractivity (Wildman–Crippen MR) is 257 cm³/mol. The molecule has 62 heavy (non-hydrogen) atoms.